The molecular weight excluding hydrogens is 334 g/mol. The number of ether oxygens (including phenoxy) is 1. The van der Waals surface area contributed by atoms with Crippen LogP contribution in [0, 0.1) is 0 Å². The quantitative estimate of drug-likeness (QED) is 0.805. The molecular formula is C23H37N3O. The molecule has 1 aromatic rings. The highest BCUT2D eigenvalue weighted by molar-refractivity contribution is 5.27. The molecule has 1 aliphatic carbocycles. The maximum atomic E-state index is 5.31. The number of fused-ring (bicyclic) bond motifs is 1. The van der Waals surface area contributed by atoms with Crippen LogP contribution >= 0.6 is 0 Å². The zero-order valence-corrected chi connectivity index (χ0v) is 17.5. The van der Waals surface area contributed by atoms with Gasteiger partial charge in [0.1, 0.15) is 5.75 Å². The van der Waals surface area contributed by atoms with Gasteiger partial charge in [0.25, 0.3) is 0 Å². The predicted octanol–water partition coefficient (Wildman–Crippen LogP) is 3.61. The van der Waals surface area contributed by atoms with Crippen molar-refractivity contribution in [2.75, 3.05) is 39.8 Å². The van der Waals surface area contributed by atoms with Crippen molar-refractivity contribution in [2.45, 2.75) is 70.1 Å². The van der Waals surface area contributed by atoms with Crippen LogP contribution in [0.15, 0.2) is 24.3 Å². The van der Waals surface area contributed by atoms with E-state index in [1.54, 1.807) is 7.11 Å². The number of rotatable bonds is 4. The minimum atomic E-state index is 0.258. The largest absolute Gasteiger partial charge is 0.497 e. The fourth-order valence-electron chi connectivity index (χ4n) is 5.72. The fraction of sp³-hybridized carbons (Fsp3) is 0.739. The van der Waals surface area contributed by atoms with Crippen LogP contribution in [-0.2, 0) is 6.54 Å². The summed E-state index contributed by atoms with van der Waals surface area (Å²) in [5.41, 5.74) is 1.65. The van der Waals surface area contributed by atoms with Crippen LogP contribution in [0.3, 0.4) is 0 Å². The van der Waals surface area contributed by atoms with Crippen molar-refractivity contribution < 1.29 is 4.74 Å². The molecule has 4 heteroatoms. The van der Waals surface area contributed by atoms with Crippen molar-refractivity contribution in [3.8, 4) is 5.75 Å². The maximum Gasteiger partial charge on any atom is 0.118 e. The minimum absolute atomic E-state index is 0.258. The molecule has 0 amide bonds. The number of hydrogen-bond donors (Lipinski definition) is 0. The van der Waals surface area contributed by atoms with Gasteiger partial charge < -0.3 is 4.74 Å². The highest BCUT2D eigenvalue weighted by Crippen LogP contribution is 2.32. The monoisotopic (exact) mass is 371 g/mol. The van der Waals surface area contributed by atoms with Crippen LogP contribution in [0.25, 0.3) is 0 Å². The van der Waals surface area contributed by atoms with Crippen molar-refractivity contribution >= 4 is 0 Å². The van der Waals surface area contributed by atoms with Gasteiger partial charge in [-0.3, -0.25) is 14.7 Å². The molecule has 0 bridgehead atoms. The van der Waals surface area contributed by atoms with Crippen LogP contribution in [0.5, 0.6) is 5.75 Å². The molecule has 3 aliphatic rings. The van der Waals surface area contributed by atoms with E-state index in [1.165, 1.54) is 63.8 Å². The van der Waals surface area contributed by atoms with Crippen molar-refractivity contribution in [3.05, 3.63) is 29.8 Å². The Morgan fingerprint density at radius 2 is 1.70 bits per heavy atom. The Hall–Kier alpha value is -1.10. The Labute approximate surface area is 165 Å². The number of benzene rings is 1. The van der Waals surface area contributed by atoms with Crippen molar-refractivity contribution in [1.82, 2.24) is 14.7 Å². The van der Waals surface area contributed by atoms with E-state index < -0.39 is 0 Å². The molecule has 150 valence electrons. The van der Waals surface area contributed by atoms with Gasteiger partial charge >= 0.3 is 0 Å². The summed E-state index contributed by atoms with van der Waals surface area (Å²) in [7, 11) is 1.73. The Balaban J connectivity index is 1.42. The molecule has 0 unspecified atom stereocenters. The highest BCUT2D eigenvalue weighted by atomic mass is 16.5. The summed E-state index contributed by atoms with van der Waals surface area (Å²) in [5.74, 6) is 0.944. The van der Waals surface area contributed by atoms with Crippen LogP contribution in [0.2, 0.25) is 0 Å². The number of methoxy groups -OCH3 is 1. The second kappa shape index (κ2) is 8.10. The standard InChI is InChI=1S/C23H37N3O/c1-23(2)18-24(15-19-9-11-22(27-3)12-10-19)16-21-17-25(13-14-26(21)23)20-7-5-4-6-8-20/h9-12,20-21H,4-8,13-18H2,1-3H3/t21-/m1/s1. The third kappa shape index (κ3) is 4.33. The molecule has 2 saturated heterocycles. The third-order valence-corrected chi connectivity index (χ3v) is 7.03. The lowest BCUT2D eigenvalue weighted by molar-refractivity contribution is -0.0770. The summed E-state index contributed by atoms with van der Waals surface area (Å²) in [6, 6.07) is 10.1. The molecule has 1 atom stereocenters. The first-order valence-electron chi connectivity index (χ1n) is 10.9. The molecule has 0 N–H and O–H groups in total. The van der Waals surface area contributed by atoms with Crippen molar-refractivity contribution in [1.29, 1.82) is 0 Å². The molecule has 1 aromatic carbocycles. The Bertz CT molecular complexity index is 609. The van der Waals surface area contributed by atoms with Crippen LogP contribution < -0.4 is 4.74 Å². The molecule has 1 saturated carbocycles. The minimum Gasteiger partial charge on any atom is -0.497 e. The van der Waals surface area contributed by atoms with E-state index in [0.717, 1.165) is 24.9 Å². The molecule has 0 radical (unpaired) electrons. The zero-order chi connectivity index (χ0) is 18.9. The molecule has 3 fully saturated rings. The van der Waals surface area contributed by atoms with E-state index in [-0.39, 0.29) is 5.54 Å². The van der Waals surface area contributed by atoms with Crippen LogP contribution in [0.4, 0.5) is 0 Å². The average Bonchev–Trinajstić information content (AvgIpc) is 2.68. The van der Waals surface area contributed by atoms with E-state index in [2.05, 4.69) is 52.8 Å². The van der Waals surface area contributed by atoms with E-state index in [4.69, 9.17) is 4.74 Å². The molecule has 2 aliphatic heterocycles. The Morgan fingerprint density at radius 1 is 0.963 bits per heavy atom. The lowest BCUT2D eigenvalue weighted by Crippen LogP contribution is -2.70. The van der Waals surface area contributed by atoms with Gasteiger partial charge in [-0.15, -0.1) is 0 Å². The molecule has 27 heavy (non-hydrogen) atoms. The van der Waals surface area contributed by atoms with Gasteiger partial charge in [-0.05, 0) is 44.4 Å². The van der Waals surface area contributed by atoms with Gasteiger partial charge in [-0.2, -0.15) is 0 Å². The van der Waals surface area contributed by atoms with Gasteiger partial charge in [0.2, 0.25) is 0 Å². The highest BCUT2D eigenvalue weighted by Gasteiger charge is 2.43. The Morgan fingerprint density at radius 3 is 2.41 bits per heavy atom. The molecule has 2 heterocycles. The van der Waals surface area contributed by atoms with Gasteiger partial charge in [0.15, 0.2) is 0 Å². The summed E-state index contributed by atoms with van der Waals surface area (Å²) in [6.45, 7) is 12.0. The second-order valence-electron chi connectivity index (χ2n) is 9.46. The summed E-state index contributed by atoms with van der Waals surface area (Å²) < 4.78 is 5.31. The zero-order valence-electron chi connectivity index (χ0n) is 17.5. The Kier molecular flexibility index (Phi) is 5.77. The van der Waals surface area contributed by atoms with E-state index in [0.29, 0.717) is 6.04 Å². The average molecular weight is 372 g/mol. The first-order valence-corrected chi connectivity index (χ1v) is 10.9. The summed E-state index contributed by atoms with van der Waals surface area (Å²) in [6.07, 6.45) is 7.16. The molecule has 0 aromatic heterocycles. The van der Waals surface area contributed by atoms with Gasteiger partial charge in [0.05, 0.1) is 7.11 Å². The van der Waals surface area contributed by atoms with Crippen LogP contribution in [-0.4, -0.2) is 72.2 Å². The van der Waals surface area contributed by atoms with Gasteiger partial charge in [-0.25, -0.2) is 0 Å². The predicted molar refractivity (Wildman–Crippen MR) is 111 cm³/mol. The van der Waals surface area contributed by atoms with E-state index >= 15 is 0 Å². The van der Waals surface area contributed by atoms with Crippen LogP contribution in [0.1, 0.15) is 51.5 Å². The lowest BCUT2D eigenvalue weighted by Gasteiger charge is -2.56. The fourth-order valence-corrected chi connectivity index (χ4v) is 5.72. The number of piperazine rings is 2. The first-order chi connectivity index (χ1) is 13.0. The summed E-state index contributed by atoms with van der Waals surface area (Å²) in [4.78, 5) is 8.30. The van der Waals surface area contributed by atoms with Crippen molar-refractivity contribution in [2.24, 2.45) is 0 Å². The molecule has 0 spiro atoms. The van der Waals surface area contributed by atoms with Crippen molar-refractivity contribution in [3.63, 3.8) is 0 Å². The maximum absolute atomic E-state index is 5.31. The summed E-state index contributed by atoms with van der Waals surface area (Å²) in [5, 5.41) is 0. The topological polar surface area (TPSA) is 19.0 Å². The molecule has 4 nitrogen and oxygen atoms in total. The van der Waals surface area contributed by atoms with E-state index in [1.807, 2.05) is 0 Å². The summed E-state index contributed by atoms with van der Waals surface area (Å²) >= 11 is 0. The smallest absolute Gasteiger partial charge is 0.118 e. The SMILES string of the molecule is COc1ccc(CN2C[C@@H]3CN(C4CCCCC4)CCN3C(C)(C)C2)cc1. The normalized spacial score (nSPS) is 28.0. The lowest BCUT2D eigenvalue weighted by atomic mass is 9.89. The van der Waals surface area contributed by atoms with Gasteiger partial charge in [0, 0.05) is 56.9 Å². The first kappa shape index (κ1) is 19.2. The number of hydrogen-bond acceptors (Lipinski definition) is 4. The van der Waals surface area contributed by atoms with Gasteiger partial charge in [-0.1, -0.05) is 31.4 Å². The third-order valence-electron chi connectivity index (χ3n) is 7.03. The second-order valence-corrected chi connectivity index (χ2v) is 9.46. The number of nitrogens with zero attached hydrogens (tertiary/aromatic N) is 3. The van der Waals surface area contributed by atoms with E-state index in [9.17, 15) is 0 Å². The molecule has 4 rings (SSSR count).